The van der Waals surface area contributed by atoms with E-state index in [4.69, 9.17) is 0 Å². The fourth-order valence-electron chi connectivity index (χ4n) is 1.80. The molecular formula is C14H14F3N3O2S. The molecule has 124 valence electrons. The third kappa shape index (κ3) is 3.85. The Bertz CT molecular complexity index is 713. The molecule has 0 fully saturated rings. The van der Waals surface area contributed by atoms with Gasteiger partial charge in [0.25, 0.3) is 5.91 Å². The lowest BCUT2D eigenvalue weighted by Crippen LogP contribution is -2.37. The van der Waals surface area contributed by atoms with Crippen molar-refractivity contribution in [3.8, 4) is 0 Å². The fraction of sp³-hybridized carbons (Fsp3) is 0.357. The molecule has 1 heterocycles. The Morgan fingerprint density at radius 3 is 2.52 bits per heavy atom. The van der Waals surface area contributed by atoms with Crippen molar-refractivity contribution in [3.05, 3.63) is 40.4 Å². The molecule has 5 nitrogen and oxygen atoms in total. The van der Waals surface area contributed by atoms with Gasteiger partial charge in [-0.3, -0.25) is 10.1 Å². The van der Waals surface area contributed by atoms with Crippen molar-refractivity contribution in [3.63, 3.8) is 0 Å². The number of aliphatic hydroxyl groups is 1. The minimum absolute atomic E-state index is 0.162. The van der Waals surface area contributed by atoms with Crippen LogP contribution in [0.5, 0.6) is 0 Å². The highest BCUT2D eigenvalue weighted by Crippen LogP contribution is 2.32. The number of amides is 1. The van der Waals surface area contributed by atoms with Crippen LogP contribution in [0.1, 0.15) is 30.0 Å². The standard InChI is InChI=1S/C14H14F3N3O2S/c1-3-10-19-20-12(23-10)18-11(21)13(2,22)8-5-4-6-9(7-8)14(15,16)17/h4-7,22H,3H2,1-2H3,(H,18,20,21)/t13-/m1/s1. The number of benzene rings is 1. The second kappa shape index (κ2) is 6.25. The Morgan fingerprint density at radius 1 is 1.30 bits per heavy atom. The van der Waals surface area contributed by atoms with E-state index in [1.54, 1.807) is 0 Å². The minimum atomic E-state index is -4.56. The number of carbonyl (C=O) groups is 1. The molecule has 23 heavy (non-hydrogen) atoms. The van der Waals surface area contributed by atoms with E-state index in [9.17, 15) is 23.1 Å². The fourth-order valence-corrected chi connectivity index (χ4v) is 2.47. The van der Waals surface area contributed by atoms with Gasteiger partial charge >= 0.3 is 6.18 Å². The molecule has 0 radical (unpaired) electrons. The molecule has 0 saturated heterocycles. The molecular weight excluding hydrogens is 331 g/mol. The normalized spacial score (nSPS) is 14.3. The number of aryl methyl sites for hydroxylation is 1. The van der Waals surface area contributed by atoms with Crippen molar-refractivity contribution in [2.75, 3.05) is 5.32 Å². The molecule has 0 saturated carbocycles. The van der Waals surface area contributed by atoms with Gasteiger partial charge in [0.1, 0.15) is 5.01 Å². The summed E-state index contributed by atoms with van der Waals surface area (Å²) in [6.45, 7) is 2.99. The number of aromatic nitrogens is 2. The van der Waals surface area contributed by atoms with Crippen LogP contribution < -0.4 is 5.32 Å². The van der Waals surface area contributed by atoms with Crippen LogP contribution in [-0.4, -0.2) is 21.2 Å². The molecule has 2 rings (SSSR count). The molecule has 0 bridgehead atoms. The molecule has 2 aromatic rings. The van der Waals surface area contributed by atoms with Gasteiger partial charge in [0.2, 0.25) is 5.13 Å². The Balaban J connectivity index is 2.24. The van der Waals surface area contributed by atoms with Crippen LogP contribution in [0.4, 0.5) is 18.3 Å². The molecule has 0 unspecified atom stereocenters. The maximum absolute atomic E-state index is 12.7. The van der Waals surface area contributed by atoms with E-state index >= 15 is 0 Å². The van der Waals surface area contributed by atoms with Gasteiger partial charge in [0, 0.05) is 0 Å². The zero-order chi connectivity index (χ0) is 17.3. The van der Waals surface area contributed by atoms with Crippen LogP contribution in [0, 0.1) is 0 Å². The van der Waals surface area contributed by atoms with Gasteiger partial charge in [-0.2, -0.15) is 13.2 Å². The van der Waals surface area contributed by atoms with Gasteiger partial charge in [-0.25, -0.2) is 0 Å². The summed E-state index contributed by atoms with van der Waals surface area (Å²) in [4.78, 5) is 12.2. The summed E-state index contributed by atoms with van der Waals surface area (Å²) in [5.74, 6) is -0.879. The average Bonchev–Trinajstić information content (AvgIpc) is 2.94. The third-order valence-corrected chi connectivity index (χ3v) is 4.17. The number of halogens is 3. The Kier molecular flexibility index (Phi) is 4.71. The Labute approximate surface area is 134 Å². The monoisotopic (exact) mass is 345 g/mol. The summed E-state index contributed by atoms with van der Waals surface area (Å²) in [5.41, 5.74) is -3.24. The lowest BCUT2D eigenvalue weighted by atomic mass is 9.93. The second-order valence-electron chi connectivity index (χ2n) is 4.96. The molecule has 0 spiro atoms. The van der Waals surface area contributed by atoms with Gasteiger partial charge in [0.05, 0.1) is 5.56 Å². The van der Waals surface area contributed by atoms with Crippen molar-refractivity contribution >= 4 is 22.4 Å². The maximum Gasteiger partial charge on any atom is 0.416 e. The number of hydrogen-bond donors (Lipinski definition) is 2. The van der Waals surface area contributed by atoms with E-state index in [0.717, 1.165) is 36.5 Å². The Hall–Kier alpha value is -2.00. The van der Waals surface area contributed by atoms with Gasteiger partial charge in [0.15, 0.2) is 5.60 Å². The summed E-state index contributed by atoms with van der Waals surface area (Å²) < 4.78 is 38.2. The first kappa shape index (κ1) is 17.4. The quantitative estimate of drug-likeness (QED) is 0.893. The number of alkyl halides is 3. The van der Waals surface area contributed by atoms with Gasteiger partial charge in [-0.05, 0) is 31.0 Å². The lowest BCUT2D eigenvalue weighted by Gasteiger charge is -2.23. The van der Waals surface area contributed by atoms with Crippen molar-refractivity contribution in [2.45, 2.75) is 32.0 Å². The van der Waals surface area contributed by atoms with E-state index in [1.165, 1.54) is 6.07 Å². The van der Waals surface area contributed by atoms with Gasteiger partial charge in [-0.1, -0.05) is 30.4 Å². The first-order valence-corrected chi connectivity index (χ1v) is 7.50. The zero-order valence-corrected chi connectivity index (χ0v) is 13.1. The number of carbonyl (C=O) groups excluding carboxylic acids is 1. The number of nitrogens with zero attached hydrogens (tertiary/aromatic N) is 2. The van der Waals surface area contributed by atoms with Crippen LogP contribution in [-0.2, 0) is 23.0 Å². The number of anilines is 1. The molecule has 1 aromatic carbocycles. The first-order valence-electron chi connectivity index (χ1n) is 6.68. The SMILES string of the molecule is CCc1nnc(NC(=O)[C@](C)(O)c2cccc(C(F)(F)F)c2)s1. The summed E-state index contributed by atoms with van der Waals surface area (Å²) in [6, 6.07) is 4.01. The summed E-state index contributed by atoms with van der Waals surface area (Å²) in [5, 5.41) is 21.1. The van der Waals surface area contributed by atoms with Crippen LogP contribution in [0.25, 0.3) is 0 Å². The number of rotatable bonds is 4. The van der Waals surface area contributed by atoms with E-state index in [2.05, 4.69) is 15.5 Å². The molecule has 0 aliphatic rings. The molecule has 0 aliphatic carbocycles. The first-order chi connectivity index (χ1) is 10.6. The van der Waals surface area contributed by atoms with Crippen molar-refractivity contribution in [1.29, 1.82) is 0 Å². The minimum Gasteiger partial charge on any atom is -0.376 e. The molecule has 1 atom stereocenters. The molecule has 1 amide bonds. The van der Waals surface area contributed by atoms with Crippen LogP contribution >= 0.6 is 11.3 Å². The topological polar surface area (TPSA) is 75.1 Å². The number of hydrogen-bond acceptors (Lipinski definition) is 5. The van der Waals surface area contributed by atoms with E-state index < -0.39 is 23.2 Å². The number of nitrogens with one attached hydrogen (secondary N) is 1. The summed E-state index contributed by atoms with van der Waals surface area (Å²) in [7, 11) is 0. The predicted molar refractivity (Wildman–Crippen MR) is 78.9 cm³/mol. The lowest BCUT2D eigenvalue weighted by molar-refractivity contribution is -0.138. The highest BCUT2D eigenvalue weighted by atomic mass is 32.1. The molecule has 0 aliphatic heterocycles. The van der Waals surface area contributed by atoms with Crippen LogP contribution in [0.15, 0.2) is 24.3 Å². The van der Waals surface area contributed by atoms with Gasteiger partial charge in [-0.15, -0.1) is 10.2 Å². The van der Waals surface area contributed by atoms with E-state index in [1.807, 2.05) is 6.92 Å². The van der Waals surface area contributed by atoms with E-state index in [-0.39, 0.29) is 10.7 Å². The smallest absolute Gasteiger partial charge is 0.376 e. The van der Waals surface area contributed by atoms with Crippen LogP contribution in [0.2, 0.25) is 0 Å². The van der Waals surface area contributed by atoms with Crippen molar-refractivity contribution in [1.82, 2.24) is 10.2 Å². The van der Waals surface area contributed by atoms with E-state index in [0.29, 0.717) is 11.4 Å². The third-order valence-electron chi connectivity index (χ3n) is 3.18. The molecule has 2 N–H and O–H groups in total. The van der Waals surface area contributed by atoms with Crippen LogP contribution in [0.3, 0.4) is 0 Å². The molecule has 1 aromatic heterocycles. The summed E-state index contributed by atoms with van der Waals surface area (Å²) in [6.07, 6.45) is -3.92. The van der Waals surface area contributed by atoms with Gasteiger partial charge < -0.3 is 5.11 Å². The van der Waals surface area contributed by atoms with Crippen molar-refractivity contribution < 1.29 is 23.1 Å². The van der Waals surface area contributed by atoms with Crippen molar-refractivity contribution in [2.24, 2.45) is 0 Å². The largest absolute Gasteiger partial charge is 0.416 e. The average molecular weight is 345 g/mol. The maximum atomic E-state index is 12.7. The highest BCUT2D eigenvalue weighted by Gasteiger charge is 2.36. The Morgan fingerprint density at radius 2 is 1.96 bits per heavy atom. The zero-order valence-electron chi connectivity index (χ0n) is 12.3. The second-order valence-corrected chi connectivity index (χ2v) is 6.02. The molecule has 9 heteroatoms. The summed E-state index contributed by atoms with van der Waals surface area (Å²) >= 11 is 1.13. The highest BCUT2D eigenvalue weighted by molar-refractivity contribution is 7.15. The predicted octanol–water partition coefficient (Wildman–Crippen LogP) is 2.97.